The molecule has 0 aliphatic heterocycles. The first kappa shape index (κ1) is 17.3. The zero-order chi connectivity index (χ0) is 17.9. The maximum atomic E-state index is 12.7. The second kappa shape index (κ2) is 6.62. The second-order valence-corrected chi connectivity index (χ2v) is 5.92. The number of nitrogens with one attached hydrogen (secondary N) is 1. The summed E-state index contributed by atoms with van der Waals surface area (Å²) in [6, 6.07) is 11.4. The first-order valence-electron chi connectivity index (χ1n) is 7.34. The van der Waals surface area contributed by atoms with E-state index < -0.39 is 11.4 Å². The van der Waals surface area contributed by atoms with Gasteiger partial charge in [-0.15, -0.1) is 0 Å². The van der Waals surface area contributed by atoms with Gasteiger partial charge in [-0.3, -0.25) is 4.79 Å². The Labute approximate surface area is 140 Å². The van der Waals surface area contributed by atoms with Gasteiger partial charge in [-0.05, 0) is 43.7 Å². The van der Waals surface area contributed by atoms with E-state index in [4.69, 9.17) is 10.5 Å². The molecule has 4 N–H and O–H groups in total. The van der Waals surface area contributed by atoms with Crippen molar-refractivity contribution in [2.24, 2.45) is 0 Å². The Kier molecular flexibility index (Phi) is 4.78. The highest BCUT2D eigenvalue weighted by Crippen LogP contribution is 2.28. The standard InChI is InChI=1S/C18H20N2O4/c1-18(2,11-4-6-12(19)7-5-11)17(23)20-15-10-13(24-3)8-9-14(15)16(21)22/h4-10H,19H2,1-3H3,(H,20,23)(H,21,22). The van der Waals surface area contributed by atoms with E-state index >= 15 is 0 Å². The molecule has 2 rings (SSSR count). The molecular formula is C18H20N2O4. The topological polar surface area (TPSA) is 102 Å². The third-order valence-electron chi connectivity index (χ3n) is 3.91. The third kappa shape index (κ3) is 3.48. The summed E-state index contributed by atoms with van der Waals surface area (Å²) in [6.07, 6.45) is 0. The van der Waals surface area contributed by atoms with Crippen molar-refractivity contribution in [1.82, 2.24) is 0 Å². The average Bonchev–Trinajstić information content (AvgIpc) is 2.54. The van der Waals surface area contributed by atoms with E-state index in [0.717, 1.165) is 5.56 Å². The van der Waals surface area contributed by atoms with E-state index in [9.17, 15) is 14.7 Å². The number of carbonyl (C=O) groups excluding carboxylic acids is 1. The molecule has 0 unspecified atom stereocenters. The molecule has 6 nitrogen and oxygen atoms in total. The van der Waals surface area contributed by atoms with Crippen LogP contribution in [0.3, 0.4) is 0 Å². The van der Waals surface area contributed by atoms with Crippen molar-refractivity contribution in [1.29, 1.82) is 0 Å². The predicted molar refractivity (Wildman–Crippen MR) is 92.5 cm³/mol. The van der Waals surface area contributed by atoms with Crippen molar-refractivity contribution >= 4 is 23.3 Å². The van der Waals surface area contributed by atoms with Crippen LogP contribution >= 0.6 is 0 Å². The molecule has 0 aromatic heterocycles. The van der Waals surface area contributed by atoms with E-state index in [1.54, 1.807) is 38.1 Å². The number of hydrogen-bond donors (Lipinski definition) is 3. The fourth-order valence-corrected chi connectivity index (χ4v) is 2.25. The van der Waals surface area contributed by atoms with Gasteiger partial charge in [0.15, 0.2) is 0 Å². The van der Waals surface area contributed by atoms with Crippen molar-refractivity contribution in [2.75, 3.05) is 18.2 Å². The number of rotatable bonds is 5. The van der Waals surface area contributed by atoms with Crippen LogP contribution in [0.1, 0.15) is 29.8 Å². The van der Waals surface area contributed by atoms with Gasteiger partial charge in [0, 0.05) is 11.8 Å². The number of anilines is 2. The molecule has 0 radical (unpaired) electrons. The third-order valence-corrected chi connectivity index (χ3v) is 3.91. The van der Waals surface area contributed by atoms with Gasteiger partial charge < -0.3 is 20.9 Å². The highest BCUT2D eigenvalue weighted by atomic mass is 16.5. The minimum Gasteiger partial charge on any atom is -0.497 e. The lowest BCUT2D eigenvalue weighted by Crippen LogP contribution is -2.35. The van der Waals surface area contributed by atoms with Crippen LogP contribution in [0.4, 0.5) is 11.4 Å². The van der Waals surface area contributed by atoms with Crippen LogP contribution in [-0.4, -0.2) is 24.1 Å². The SMILES string of the molecule is COc1ccc(C(=O)O)c(NC(=O)C(C)(C)c2ccc(N)cc2)c1. The fraction of sp³-hybridized carbons (Fsp3) is 0.222. The number of carboxylic acids is 1. The molecule has 0 heterocycles. The fourth-order valence-electron chi connectivity index (χ4n) is 2.25. The summed E-state index contributed by atoms with van der Waals surface area (Å²) < 4.78 is 5.10. The van der Waals surface area contributed by atoms with Gasteiger partial charge in [-0.25, -0.2) is 4.79 Å². The van der Waals surface area contributed by atoms with Crippen LogP contribution in [0.15, 0.2) is 42.5 Å². The maximum Gasteiger partial charge on any atom is 0.337 e. The first-order valence-corrected chi connectivity index (χ1v) is 7.34. The molecule has 2 aromatic carbocycles. The van der Waals surface area contributed by atoms with Crippen molar-refractivity contribution < 1.29 is 19.4 Å². The normalized spacial score (nSPS) is 11.0. The summed E-state index contributed by atoms with van der Waals surface area (Å²) in [5.41, 5.74) is 6.37. The quantitative estimate of drug-likeness (QED) is 0.733. The molecule has 0 saturated heterocycles. The number of amides is 1. The van der Waals surface area contributed by atoms with Crippen LogP contribution in [0, 0.1) is 0 Å². The summed E-state index contributed by atoms with van der Waals surface area (Å²) in [7, 11) is 1.47. The number of methoxy groups -OCH3 is 1. The summed E-state index contributed by atoms with van der Waals surface area (Å²) in [6.45, 7) is 3.52. The lowest BCUT2D eigenvalue weighted by molar-refractivity contribution is -0.120. The maximum absolute atomic E-state index is 12.7. The number of nitrogens with two attached hydrogens (primary N) is 1. The molecule has 0 atom stereocenters. The Bertz CT molecular complexity index is 767. The molecule has 0 spiro atoms. The number of ether oxygens (including phenoxy) is 1. The van der Waals surface area contributed by atoms with Gasteiger partial charge in [-0.2, -0.15) is 0 Å². The summed E-state index contributed by atoms with van der Waals surface area (Å²) >= 11 is 0. The number of benzene rings is 2. The molecule has 0 bridgehead atoms. The van der Waals surface area contributed by atoms with Gasteiger partial charge in [0.05, 0.1) is 23.8 Å². The van der Waals surface area contributed by atoms with Crippen molar-refractivity contribution in [2.45, 2.75) is 19.3 Å². The van der Waals surface area contributed by atoms with Crippen LogP contribution in [0.2, 0.25) is 0 Å². The number of hydrogen-bond acceptors (Lipinski definition) is 4. The number of carbonyl (C=O) groups is 2. The van der Waals surface area contributed by atoms with E-state index in [1.165, 1.54) is 25.3 Å². The largest absolute Gasteiger partial charge is 0.497 e. The minimum atomic E-state index is -1.13. The van der Waals surface area contributed by atoms with Gasteiger partial charge in [0.1, 0.15) is 5.75 Å². The molecule has 2 aromatic rings. The van der Waals surface area contributed by atoms with Gasteiger partial charge in [0.25, 0.3) is 0 Å². The van der Waals surface area contributed by atoms with E-state index in [0.29, 0.717) is 11.4 Å². The van der Waals surface area contributed by atoms with Gasteiger partial charge in [-0.1, -0.05) is 12.1 Å². The molecule has 0 fully saturated rings. The zero-order valence-electron chi connectivity index (χ0n) is 13.8. The highest BCUT2D eigenvalue weighted by Gasteiger charge is 2.30. The highest BCUT2D eigenvalue weighted by molar-refractivity contribution is 6.04. The molecule has 24 heavy (non-hydrogen) atoms. The van der Waals surface area contributed by atoms with Crippen molar-refractivity contribution in [3.63, 3.8) is 0 Å². The molecule has 0 aliphatic carbocycles. The van der Waals surface area contributed by atoms with Gasteiger partial charge >= 0.3 is 5.97 Å². The van der Waals surface area contributed by atoms with Crippen molar-refractivity contribution in [3.8, 4) is 5.75 Å². The Morgan fingerprint density at radius 3 is 2.29 bits per heavy atom. The molecular weight excluding hydrogens is 308 g/mol. The van der Waals surface area contributed by atoms with E-state index in [-0.39, 0.29) is 17.2 Å². The molecule has 126 valence electrons. The van der Waals surface area contributed by atoms with Crippen molar-refractivity contribution in [3.05, 3.63) is 53.6 Å². The first-order chi connectivity index (χ1) is 11.3. The average molecular weight is 328 g/mol. The summed E-state index contributed by atoms with van der Waals surface area (Å²) in [5.74, 6) is -0.998. The molecule has 0 aliphatic rings. The predicted octanol–water partition coefficient (Wildman–Crippen LogP) is 2.89. The minimum absolute atomic E-state index is 0.00254. The van der Waals surface area contributed by atoms with Crippen LogP contribution < -0.4 is 15.8 Å². The Morgan fingerprint density at radius 1 is 1.12 bits per heavy atom. The molecule has 1 amide bonds. The van der Waals surface area contributed by atoms with Crippen LogP contribution in [0.25, 0.3) is 0 Å². The molecule has 6 heteroatoms. The van der Waals surface area contributed by atoms with Gasteiger partial charge in [0.2, 0.25) is 5.91 Å². The summed E-state index contributed by atoms with van der Waals surface area (Å²) in [5, 5.41) is 12.0. The number of carboxylic acid groups (broad SMARTS) is 1. The number of nitrogen functional groups attached to an aromatic ring is 1. The van der Waals surface area contributed by atoms with Crippen LogP contribution in [0.5, 0.6) is 5.75 Å². The second-order valence-electron chi connectivity index (χ2n) is 5.92. The Hall–Kier alpha value is -3.02. The Morgan fingerprint density at radius 2 is 1.75 bits per heavy atom. The van der Waals surface area contributed by atoms with E-state index in [2.05, 4.69) is 5.32 Å². The number of aromatic carboxylic acids is 1. The zero-order valence-corrected chi connectivity index (χ0v) is 13.8. The molecule has 0 saturated carbocycles. The smallest absolute Gasteiger partial charge is 0.337 e. The van der Waals surface area contributed by atoms with E-state index in [1.807, 2.05) is 0 Å². The Balaban J connectivity index is 2.34. The van der Waals surface area contributed by atoms with Crippen LogP contribution in [-0.2, 0) is 10.2 Å². The lowest BCUT2D eigenvalue weighted by atomic mass is 9.83. The lowest BCUT2D eigenvalue weighted by Gasteiger charge is -2.25. The summed E-state index contributed by atoms with van der Waals surface area (Å²) in [4.78, 5) is 24.1. The monoisotopic (exact) mass is 328 g/mol.